The van der Waals surface area contributed by atoms with Crippen LogP contribution in [0.2, 0.25) is 0 Å². The van der Waals surface area contributed by atoms with Gasteiger partial charge in [0.25, 0.3) is 0 Å². The number of halogens is 1. The van der Waals surface area contributed by atoms with Gasteiger partial charge < -0.3 is 5.11 Å². The predicted molar refractivity (Wildman–Crippen MR) is 51.4 cm³/mol. The Kier molecular flexibility index (Phi) is 2.77. The minimum Gasteiger partial charge on any atom is -0.393 e. The average molecular weight is 195 g/mol. The number of nitrogens with zero attached hydrogens (tertiary/aromatic N) is 1. The predicted octanol–water partition coefficient (Wildman–Crippen LogP) is 2.24. The third kappa shape index (κ3) is 1.93. The van der Waals surface area contributed by atoms with Crippen molar-refractivity contribution in [1.29, 1.82) is 0 Å². The summed E-state index contributed by atoms with van der Waals surface area (Å²) in [5.41, 5.74) is 0.708. The van der Waals surface area contributed by atoms with E-state index in [4.69, 9.17) is 0 Å². The molecule has 1 saturated carbocycles. The molecule has 1 aliphatic carbocycles. The Bertz CT molecular complexity index is 308. The summed E-state index contributed by atoms with van der Waals surface area (Å²) in [5.74, 6) is -0.110. The third-order valence-electron chi connectivity index (χ3n) is 2.92. The maximum absolute atomic E-state index is 13.3. The van der Waals surface area contributed by atoms with Gasteiger partial charge in [0.05, 0.1) is 6.10 Å². The standard InChI is InChI=1S/C11H14FNO/c12-11-10(2-1-7-13-11)8-3-5-9(14)6-4-8/h1-2,7-9,14H,3-6H2. The Morgan fingerprint density at radius 2 is 2.00 bits per heavy atom. The zero-order valence-electron chi connectivity index (χ0n) is 7.99. The van der Waals surface area contributed by atoms with Crippen molar-refractivity contribution >= 4 is 0 Å². The lowest BCUT2D eigenvalue weighted by Crippen LogP contribution is -2.17. The summed E-state index contributed by atoms with van der Waals surface area (Å²) < 4.78 is 13.3. The molecule has 1 fully saturated rings. The number of rotatable bonds is 1. The summed E-state index contributed by atoms with van der Waals surface area (Å²) in [6.45, 7) is 0. The molecular formula is C11H14FNO. The molecule has 0 unspecified atom stereocenters. The van der Waals surface area contributed by atoms with Gasteiger partial charge in [-0.1, -0.05) is 6.07 Å². The first-order valence-corrected chi connectivity index (χ1v) is 5.06. The van der Waals surface area contributed by atoms with Crippen LogP contribution in [0.3, 0.4) is 0 Å². The van der Waals surface area contributed by atoms with Gasteiger partial charge >= 0.3 is 0 Å². The lowest BCUT2D eigenvalue weighted by Gasteiger charge is -2.25. The molecule has 2 nitrogen and oxygen atoms in total. The quantitative estimate of drug-likeness (QED) is 0.697. The Labute approximate surface area is 82.8 Å². The second-order valence-electron chi connectivity index (χ2n) is 3.89. The molecule has 0 aliphatic heterocycles. The highest BCUT2D eigenvalue weighted by Crippen LogP contribution is 2.33. The van der Waals surface area contributed by atoms with Crippen LogP contribution < -0.4 is 0 Å². The van der Waals surface area contributed by atoms with Crippen molar-refractivity contribution in [3.8, 4) is 0 Å². The van der Waals surface area contributed by atoms with Crippen molar-refractivity contribution in [3.63, 3.8) is 0 Å². The van der Waals surface area contributed by atoms with Crippen LogP contribution in [0.4, 0.5) is 4.39 Å². The van der Waals surface area contributed by atoms with Crippen LogP contribution in [-0.4, -0.2) is 16.2 Å². The van der Waals surface area contributed by atoms with E-state index in [0.717, 1.165) is 25.7 Å². The molecule has 0 aromatic carbocycles. The van der Waals surface area contributed by atoms with Crippen LogP contribution >= 0.6 is 0 Å². The lowest BCUT2D eigenvalue weighted by molar-refractivity contribution is 0.122. The molecule has 3 heteroatoms. The van der Waals surface area contributed by atoms with Gasteiger partial charge in [-0.05, 0) is 37.7 Å². The molecular weight excluding hydrogens is 181 g/mol. The first-order chi connectivity index (χ1) is 6.77. The van der Waals surface area contributed by atoms with Gasteiger partial charge in [-0.15, -0.1) is 0 Å². The molecule has 1 heterocycles. The number of aromatic nitrogens is 1. The van der Waals surface area contributed by atoms with Crippen molar-refractivity contribution in [2.45, 2.75) is 37.7 Å². The maximum Gasteiger partial charge on any atom is 0.216 e. The monoisotopic (exact) mass is 195 g/mol. The molecule has 1 aromatic rings. The average Bonchev–Trinajstić information content (AvgIpc) is 2.20. The lowest BCUT2D eigenvalue weighted by atomic mass is 9.83. The van der Waals surface area contributed by atoms with Crippen LogP contribution in [0.15, 0.2) is 18.3 Å². The van der Waals surface area contributed by atoms with E-state index in [9.17, 15) is 9.50 Å². The highest BCUT2D eigenvalue weighted by atomic mass is 19.1. The Balaban J connectivity index is 2.12. The molecule has 0 radical (unpaired) electrons. The minimum atomic E-state index is -0.353. The number of aliphatic hydroxyl groups is 1. The molecule has 0 atom stereocenters. The number of pyridine rings is 1. The van der Waals surface area contributed by atoms with Crippen LogP contribution in [0.5, 0.6) is 0 Å². The van der Waals surface area contributed by atoms with E-state index in [2.05, 4.69) is 4.98 Å². The van der Waals surface area contributed by atoms with E-state index >= 15 is 0 Å². The molecule has 14 heavy (non-hydrogen) atoms. The molecule has 0 amide bonds. The van der Waals surface area contributed by atoms with Gasteiger partial charge in [-0.2, -0.15) is 4.39 Å². The zero-order chi connectivity index (χ0) is 9.97. The summed E-state index contributed by atoms with van der Waals surface area (Å²) in [4.78, 5) is 3.64. The van der Waals surface area contributed by atoms with Gasteiger partial charge in [0.15, 0.2) is 0 Å². The van der Waals surface area contributed by atoms with E-state index in [0.29, 0.717) is 5.56 Å². The van der Waals surface area contributed by atoms with Gasteiger partial charge in [-0.25, -0.2) is 4.98 Å². The summed E-state index contributed by atoms with van der Waals surface area (Å²) in [6, 6.07) is 3.56. The Morgan fingerprint density at radius 1 is 1.29 bits per heavy atom. The third-order valence-corrected chi connectivity index (χ3v) is 2.92. The van der Waals surface area contributed by atoms with Crippen molar-refractivity contribution in [2.24, 2.45) is 0 Å². The van der Waals surface area contributed by atoms with Crippen LogP contribution in [0.1, 0.15) is 37.2 Å². The highest BCUT2D eigenvalue weighted by Gasteiger charge is 2.22. The van der Waals surface area contributed by atoms with E-state index in [1.807, 2.05) is 0 Å². The Morgan fingerprint density at radius 3 is 2.64 bits per heavy atom. The molecule has 76 valence electrons. The molecule has 2 rings (SSSR count). The fraction of sp³-hybridized carbons (Fsp3) is 0.545. The van der Waals surface area contributed by atoms with E-state index in [1.165, 1.54) is 6.20 Å². The van der Waals surface area contributed by atoms with Gasteiger partial charge in [0.2, 0.25) is 5.95 Å². The van der Waals surface area contributed by atoms with Crippen molar-refractivity contribution < 1.29 is 9.50 Å². The first kappa shape index (κ1) is 9.59. The number of hydrogen-bond acceptors (Lipinski definition) is 2. The smallest absolute Gasteiger partial charge is 0.216 e. The van der Waals surface area contributed by atoms with Gasteiger partial charge in [0, 0.05) is 11.8 Å². The van der Waals surface area contributed by atoms with Gasteiger partial charge in [-0.3, -0.25) is 0 Å². The SMILES string of the molecule is OC1CCC(c2cccnc2F)CC1. The molecule has 0 bridgehead atoms. The number of hydrogen-bond donors (Lipinski definition) is 1. The summed E-state index contributed by atoms with van der Waals surface area (Å²) in [7, 11) is 0. The van der Waals surface area contributed by atoms with Gasteiger partial charge in [0.1, 0.15) is 0 Å². The maximum atomic E-state index is 13.3. The number of aliphatic hydroxyl groups excluding tert-OH is 1. The normalized spacial score (nSPS) is 27.6. The highest BCUT2D eigenvalue weighted by molar-refractivity contribution is 5.17. The molecule has 0 saturated heterocycles. The fourth-order valence-electron chi connectivity index (χ4n) is 2.09. The molecule has 0 spiro atoms. The van der Waals surface area contributed by atoms with Crippen molar-refractivity contribution in [3.05, 3.63) is 29.8 Å². The Hall–Kier alpha value is -0.960. The molecule has 1 N–H and O–H groups in total. The molecule has 1 aromatic heterocycles. The fourth-order valence-corrected chi connectivity index (χ4v) is 2.09. The summed E-state index contributed by atoms with van der Waals surface area (Å²) in [5, 5.41) is 9.33. The van der Waals surface area contributed by atoms with Crippen LogP contribution in [-0.2, 0) is 0 Å². The topological polar surface area (TPSA) is 33.1 Å². The second kappa shape index (κ2) is 4.05. The van der Waals surface area contributed by atoms with Crippen LogP contribution in [0, 0.1) is 5.95 Å². The van der Waals surface area contributed by atoms with Crippen molar-refractivity contribution in [1.82, 2.24) is 4.98 Å². The van der Waals surface area contributed by atoms with E-state index in [-0.39, 0.29) is 18.0 Å². The summed E-state index contributed by atoms with van der Waals surface area (Å²) in [6.07, 6.45) is 4.56. The first-order valence-electron chi connectivity index (χ1n) is 5.06. The minimum absolute atomic E-state index is 0.189. The van der Waals surface area contributed by atoms with E-state index < -0.39 is 0 Å². The summed E-state index contributed by atoms with van der Waals surface area (Å²) >= 11 is 0. The molecule has 1 aliphatic rings. The zero-order valence-corrected chi connectivity index (χ0v) is 7.99. The van der Waals surface area contributed by atoms with Crippen molar-refractivity contribution in [2.75, 3.05) is 0 Å². The second-order valence-corrected chi connectivity index (χ2v) is 3.89. The largest absolute Gasteiger partial charge is 0.393 e. The van der Waals surface area contributed by atoms with E-state index in [1.54, 1.807) is 12.1 Å². The van der Waals surface area contributed by atoms with Crippen LogP contribution in [0.25, 0.3) is 0 Å².